The van der Waals surface area contributed by atoms with E-state index in [0.29, 0.717) is 17.0 Å². The molecule has 1 rings (SSSR count). The third-order valence-corrected chi connectivity index (χ3v) is 2.63. The smallest absolute Gasteiger partial charge is 0.417 e. The zero-order chi connectivity index (χ0) is 16.9. The summed E-state index contributed by atoms with van der Waals surface area (Å²) in [5.74, 6) is -3.77. The highest BCUT2D eigenvalue weighted by Gasteiger charge is 2.38. The standard InChI is InChI=1S/C13H10F4N2O3/c1-22-10(20)7-19(6-5-18)12(21)11-8(13(15,16)17)3-2-4-9(11)14/h2-4H,6-7H2,1H3. The molecule has 0 bridgehead atoms. The SMILES string of the molecule is COC(=O)CN(CC#N)C(=O)c1c(F)cccc1C(F)(F)F. The molecule has 22 heavy (non-hydrogen) atoms. The van der Waals surface area contributed by atoms with Gasteiger partial charge >= 0.3 is 12.1 Å². The highest BCUT2D eigenvalue weighted by Crippen LogP contribution is 2.33. The number of hydrogen-bond donors (Lipinski definition) is 0. The van der Waals surface area contributed by atoms with Gasteiger partial charge < -0.3 is 9.64 Å². The summed E-state index contributed by atoms with van der Waals surface area (Å²) in [6.45, 7) is -1.46. The van der Waals surface area contributed by atoms with Crippen molar-refractivity contribution < 1.29 is 31.9 Å². The summed E-state index contributed by atoms with van der Waals surface area (Å²) in [4.78, 5) is 23.7. The first-order valence-electron chi connectivity index (χ1n) is 5.81. The quantitative estimate of drug-likeness (QED) is 0.483. The molecular weight excluding hydrogens is 308 g/mol. The monoisotopic (exact) mass is 318 g/mol. The Labute approximate surface area is 122 Å². The number of carbonyl (C=O) groups is 2. The Hall–Kier alpha value is -2.63. The molecule has 1 aromatic carbocycles. The van der Waals surface area contributed by atoms with E-state index in [1.165, 1.54) is 6.07 Å². The summed E-state index contributed by atoms with van der Waals surface area (Å²) in [5, 5.41) is 8.60. The first-order chi connectivity index (χ1) is 10.2. The van der Waals surface area contributed by atoms with Crippen molar-refractivity contribution in [2.24, 2.45) is 0 Å². The molecule has 0 aliphatic rings. The van der Waals surface area contributed by atoms with Gasteiger partial charge in [0.05, 0.1) is 24.3 Å². The largest absolute Gasteiger partial charge is 0.468 e. The lowest BCUT2D eigenvalue weighted by Crippen LogP contribution is -2.38. The molecule has 0 N–H and O–H groups in total. The van der Waals surface area contributed by atoms with Gasteiger partial charge in [-0.15, -0.1) is 0 Å². The topological polar surface area (TPSA) is 70.4 Å². The van der Waals surface area contributed by atoms with E-state index in [9.17, 15) is 27.2 Å². The van der Waals surface area contributed by atoms with E-state index in [2.05, 4.69) is 4.74 Å². The molecular formula is C13H10F4N2O3. The van der Waals surface area contributed by atoms with Gasteiger partial charge in [-0.3, -0.25) is 9.59 Å². The highest BCUT2D eigenvalue weighted by atomic mass is 19.4. The van der Waals surface area contributed by atoms with E-state index in [1.54, 1.807) is 0 Å². The minimum Gasteiger partial charge on any atom is -0.468 e. The van der Waals surface area contributed by atoms with E-state index < -0.39 is 48.1 Å². The van der Waals surface area contributed by atoms with Gasteiger partial charge in [0, 0.05) is 0 Å². The van der Waals surface area contributed by atoms with Crippen LogP contribution in [-0.2, 0) is 15.7 Å². The van der Waals surface area contributed by atoms with Gasteiger partial charge in [-0.1, -0.05) is 6.07 Å². The molecule has 118 valence electrons. The number of amides is 1. The van der Waals surface area contributed by atoms with Crippen LogP contribution in [0.5, 0.6) is 0 Å². The van der Waals surface area contributed by atoms with Crippen LogP contribution in [0.3, 0.4) is 0 Å². The maximum absolute atomic E-state index is 13.7. The fourth-order valence-electron chi connectivity index (χ4n) is 1.64. The number of hydrogen-bond acceptors (Lipinski definition) is 4. The minimum atomic E-state index is -4.96. The molecule has 0 saturated heterocycles. The fraction of sp³-hybridized carbons (Fsp3) is 0.308. The summed E-state index contributed by atoms with van der Waals surface area (Å²) in [6.07, 6.45) is -4.96. The maximum atomic E-state index is 13.7. The molecule has 0 unspecified atom stereocenters. The third kappa shape index (κ3) is 3.94. The van der Waals surface area contributed by atoms with Gasteiger partial charge in [-0.25, -0.2) is 4.39 Å². The molecule has 0 heterocycles. The predicted molar refractivity (Wildman–Crippen MR) is 64.9 cm³/mol. The molecule has 0 saturated carbocycles. The Kier molecular flexibility index (Phi) is 5.45. The lowest BCUT2D eigenvalue weighted by atomic mass is 10.0. The number of nitrogens with zero attached hydrogens (tertiary/aromatic N) is 2. The highest BCUT2D eigenvalue weighted by molar-refractivity contribution is 5.97. The van der Waals surface area contributed by atoms with E-state index >= 15 is 0 Å². The summed E-state index contributed by atoms with van der Waals surface area (Å²) in [5.41, 5.74) is -2.72. The third-order valence-electron chi connectivity index (χ3n) is 2.63. The second kappa shape index (κ2) is 6.89. The number of nitriles is 1. The average Bonchev–Trinajstić information content (AvgIpc) is 2.44. The van der Waals surface area contributed by atoms with Gasteiger partial charge in [0.2, 0.25) is 0 Å². The lowest BCUT2D eigenvalue weighted by molar-refractivity contribution is -0.141. The van der Waals surface area contributed by atoms with Gasteiger partial charge in [-0.05, 0) is 12.1 Å². The number of halogens is 4. The van der Waals surface area contributed by atoms with Crippen molar-refractivity contribution >= 4 is 11.9 Å². The number of benzene rings is 1. The summed E-state index contributed by atoms with van der Waals surface area (Å²) < 4.78 is 56.6. The van der Waals surface area contributed by atoms with Crippen LogP contribution in [0, 0.1) is 17.1 Å². The summed E-state index contributed by atoms with van der Waals surface area (Å²) in [6, 6.07) is 3.55. The van der Waals surface area contributed by atoms with Crippen LogP contribution in [-0.4, -0.2) is 37.0 Å². The van der Waals surface area contributed by atoms with E-state index in [0.717, 1.165) is 13.2 Å². The van der Waals surface area contributed by atoms with Gasteiger partial charge in [0.25, 0.3) is 5.91 Å². The molecule has 1 amide bonds. The van der Waals surface area contributed by atoms with Crippen LogP contribution >= 0.6 is 0 Å². The average molecular weight is 318 g/mol. The Balaban J connectivity index is 3.30. The molecule has 0 aliphatic heterocycles. The molecule has 0 spiro atoms. The van der Waals surface area contributed by atoms with Crippen LogP contribution in [0.4, 0.5) is 17.6 Å². The van der Waals surface area contributed by atoms with Gasteiger partial charge in [0.15, 0.2) is 0 Å². The summed E-state index contributed by atoms with van der Waals surface area (Å²) >= 11 is 0. The van der Waals surface area contributed by atoms with Crippen molar-refractivity contribution in [3.05, 3.63) is 35.1 Å². The molecule has 0 aromatic heterocycles. The van der Waals surface area contributed by atoms with Crippen molar-refractivity contribution in [2.75, 3.05) is 20.2 Å². The van der Waals surface area contributed by atoms with Gasteiger partial charge in [-0.2, -0.15) is 18.4 Å². The Morgan fingerprint density at radius 2 is 2.00 bits per heavy atom. The fourth-order valence-corrected chi connectivity index (χ4v) is 1.64. The second-order valence-corrected chi connectivity index (χ2v) is 4.06. The van der Waals surface area contributed by atoms with Crippen LogP contribution in [0.2, 0.25) is 0 Å². The number of rotatable bonds is 4. The Bertz CT molecular complexity index is 623. The zero-order valence-electron chi connectivity index (χ0n) is 11.3. The van der Waals surface area contributed by atoms with Crippen molar-refractivity contribution in [3.63, 3.8) is 0 Å². The summed E-state index contributed by atoms with van der Waals surface area (Å²) in [7, 11) is 1.00. The predicted octanol–water partition coefficient (Wildman–Crippen LogP) is 1.98. The van der Waals surface area contributed by atoms with Crippen molar-refractivity contribution in [3.8, 4) is 6.07 Å². The number of methoxy groups -OCH3 is 1. The lowest BCUT2D eigenvalue weighted by Gasteiger charge is -2.21. The minimum absolute atomic E-state index is 0.472. The van der Waals surface area contributed by atoms with E-state index in [1.807, 2.05) is 0 Å². The zero-order valence-corrected chi connectivity index (χ0v) is 11.3. The number of esters is 1. The molecule has 5 nitrogen and oxygen atoms in total. The van der Waals surface area contributed by atoms with Gasteiger partial charge in [0.1, 0.15) is 18.9 Å². The molecule has 1 aromatic rings. The molecule has 0 atom stereocenters. The first kappa shape index (κ1) is 17.4. The molecule has 0 aliphatic carbocycles. The normalized spacial score (nSPS) is 10.7. The van der Waals surface area contributed by atoms with Crippen molar-refractivity contribution in [1.29, 1.82) is 5.26 Å². The number of alkyl halides is 3. The Morgan fingerprint density at radius 3 is 2.50 bits per heavy atom. The van der Waals surface area contributed by atoms with Crippen LogP contribution in [0.25, 0.3) is 0 Å². The molecule has 9 heteroatoms. The maximum Gasteiger partial charge on any atom is 0.417 e. The van der Waals surface area contributed by atoms with Crippen LogP contribution in [0.1, 0.15) is 15.9 Å². The van der Waals surface area contributed by atoms with Crippen LogP contribution < -0.4 is 0 Å². The Morgan fingerprint density at radius 1 is 1.36 bits per heavy atom. The first-order valence-corrected chi connectivity index (χ1v) is 5.81. The molecule has 0 radical (unpaired) electrons. The molecule has 0 fully saturated rings. The van der Waals surface area contributed by atoms with Crippen LogP contribution in [0.15, 0.2) is 18.2 Å². The van der Waals surface area contributed by atoms with E-state index in [4.69, 9.17) is 5.26 Å². The number of carbonyl (C=O) groups excluding carboxylic acids is 2. The van der Waals surface area contributed by atoms with Crippen molar-refractivity contribution in [2.45, 2.75) is 6.18 Å². The van der Waals surface area contributed by atoms with Crippen molar-refractivity contribution in [1.82, 2.24) is 4.90 Å². The van der Waals surface area contributed by atoms with E-state index in [-0.39, 0.29) is 0 Å². The number of ether oxygens (including phenoxy) is 1. The second-order valence-electron chi connectivity index (χ2n) is 4.06.